The third kappa shape index (κ3) is 2.52. The van der Waals surface area contributed by atoms with Crippen LogP contribution in [0.4, 0.5) is 8.78 Å². The van der Waals surface area contributed by atoms with E-state index in [2.05, 4.69) is 9.88 Å². The van der Waals surface area contributed by atoms with E-state index in [-0.39, 0.29) is 6.10 Å². The van der Waals surface area contributed by atoms with Crippen LogP contribution in [-0.2, 0) is 0 Å². The van der Waals surface area contributed by atoms with E-state index in [0.29, 0.717) is 22.6 Å². The van der Waals surface area contributed by atoms with Crippen LogP contribution in [0, 0.1) is 29.4 Å². The van der Waals surface area contributed by atoms with Gasteiger partial charge in [-0.05, 0) is 36.5 Å². The van der Waals surface area contributed by atoms with Gasteiger partial charge in [0.1, 0.15) is 17.7 Å². The number of aromatic nitrogens is 1. The molecule has 24 heavy (non-hydrogen) atoms. The monoisotopic (exact) mass is 348 g/mol. The van der Waals surface area contributed by atoms with Gasteiger partial charge < -0.3 is 9.64 Å². The maximum atomic E-state index is 13.4. The molecule has 0 N–H and O–H groups in total. The predicted molar refractivity (Wildman–Crippen MR) is 88.0 cm³/mol. The summed E-state index contributed by atoms with van der Waals surface area (Å²) in [4.78, 5) is 7.64. The van der Waals surface area contributed by atoms with Crippen LogP contribution < -0.4 is 4.74 Å². The zero-order valence-electron chi connectivity index (χ0n) is 13.1. The molecule has 4 aliphatic rings. The highest BCUT2D eigenvalue weighted by Crippen LogP contribution is 2.45. The molecule has 3 nitrogen and oxygen atoms in total. The second-order valence-corrected chi connectivity index (χ2v) is 8.30. The maximum absolute atomic E-state index is 13.4. The number of nitrogens with zero attached hydrogens (tertiary/aromatic N) is 2. The summed E-state index contributed by atoms with van der Waals surface area (Å²) in [6, 6.07) is 3.54. The Labute approximate surface area is 143 Å². The summed E-state index contributed by atoms with van der Waals surface area (Å²) in [5, 5.41) is 0.613. The normalized spacial score (nSPS) is 33.8. The van der Waals surface area contributed by atoms with Gasteiger partial charge in [0, 0.05) is 43.7 Å². The SMILES string of the molecule is Fc1cc(F)cc(-c2cnc(OC3[C@H]4CC5C[C@H]3CN(C5)C4)s2)c1. The molecule has 126 valence electrons. The van der Waals surface area contributed by atoms with Crippen LogP contribution in [0.3, 0.4) is 0 Å². The van der Waals surface area contributed by atoms with Crippen molar-refractivity contribution in [2.45, 2.75) is 18.9 Å². The minimum absolute atomic E-state index is 0.237. The molecule has 1 aromatic heterocycles. The summed E-state index contributed by atoms with van der Waals surface area (Å²) in [5.41, 5.74) is 0.510. The number of hydrogen-bond donors (Lipinski definition) is 0. The molecule has 6 heteroatoms. The Bertz CT molecular complexity index is 730. The summed E-state index contributed by atoms with van der Waals surface area (Å²) < 4.78 is 33.0. The largest absolute Gasteiger partial charge is 0.466 e. The molecule has 3 aliphatic heterocycles. The van der Waals surface area contributed by atoms with Crippen molar-refractivity contribution < 1.29 is 13.5 Å². The molecule has 1 aromatic carbocycles. The Balaban J connectivity index is 1.36. The smallest absolute Gasteiger partial charge is 0.273 e. The van der Waals surface area contributed by atoms with Crippen LogP contribution in [0.5, 0.6) is 5.19 Å². The second-order valence-electron chi connectivity index (χ2n) is 7.31. The number of ether oxygens (including phenoxy) is 1. The molecule has 0 unspecified atom stereocenters. The average molecular weight is 348 g/mol. The van der Waals surface area contributed by atoms with E-state index in [9.17, 15) is 8.78 Å². The highest BCUT2D eigenvalue weighted by Gasteiger charge is 2.48. The summed E-state index contributed by atoms with van der Waals surface area (Å²) in [6.45, 7) is 3.52. The molecule has 0 radical (unpaired) electrons. The molecule has 2 aromatic rings. The maximum Gasteiger partial charge on any atom is 0.273 e. The first-order chi connectivity index (χ1) is 11.6. The third-order valence-electron chi connectivity index (χ3n) is 5.57. The van der Waals surface area contributed by atoms with Crippen molar-refractivity contribution in [3.63, 3.8) is 0 Å². The fraction of sp³-hybridized carbons (Fsp3) is 0.500. The Morgan fingerprint density at radius 2 is 1.75 bits per heavy atom. The van der Waals surface area contributed by atoms with Crippen molar-refractivity contribution in [1.29, 1.82) is 0 Å². The van der Waals surface area contributed by atoms with E-state index >= 15 is 0 Å². The van der Waals surface area contributed by atoms with Gasteiger partial charge in [-0.15, -0.1) is 0 Å². The number of hydrogen-bond acceptors (Lipinski definition) is 4. The molecular weight excluding hydrogens is 330 g/mol. The van der Waals surface area contributed by atoms with Crippen molar-refractivity contribution in [2.75, 3.05) is 19.6 Å². The van der Waals surface area contributed by atoms with Gasteiger partial charge >= 0.3 is 0 Å². The molecule has 2 atom stereocenters. The summed E-state index contributed by atoms with van der Waals surface area (Å²) in [6.07, 6.45) is 4.39. The molecule has 1 aliphatic carbocycles. The van der Waals surface area contributed by atoms with E-state index in [1.807, 2.05) is 0 Å². The minimum atomic E-state index is -0.573. The first kappa shape index (κ1) is 14.8. The van der Waals surface area contributed by atoms with Crippen LogP contribution in [-0.4, -0.2) is 35.6 Å². The Morgan fingerprint density at radius 3 is 2.42 bits per heavy atom. The highest BCUT2D eigenvalue weighted by atomic mass is 32.1. The molecule has 3 saturated heterocycles. The van der Waals surface area contributed by atoms with Crippen molar-refractivity contribution >= 4 is 11.3 Å². The zero-order valence-corrected chi connectivity index (χ0v) is 13.9. The van der Waals surface area contributed by atoms with E-state index < -0.39 is 11.6 Å². The number of piperidine rings is 3. The molecular formula is C18H18F2N2OS. The molecule has 6 rings (SSSR count). The molecule has 0 amide bonds. The quantitative estimate of drug-likeness (QED) is 0.843. The zero-order chi connectivity index (χ0) is 16.3. The minimum Gasteiger partial charge on any atom is -0.466 e. The van der Waals surface area contributed by atoms with Gasteiger partial charge in [0.2, 0.25) is 0 Å². The number of benzene rings is 1. The summed E-state index contributed by atoms with van der Waals surface area (Å²) in [5.74, 6) is 0.877. The van der Waals surface area contributed by atoms with Crippen LogP contribution in [0.25, 0.3) is 10.4 Å². The van der Waals surface area contributed by atoms with Gasteiger partial charge in [0.05, 0.1) is 4.88 Å². The lowest BCUT2D eigenvalue weighted by Crippen LogP contribution is -2.61. The predicted octanol–water partition coefficient (Wildman–Crippen LogP) is 3.81. The molecule has 4 bridgehead atoms. The van der Waals surface area contributed by atoms with Crippen LogP contribution in [0.1, 0.15) is 12.8 Å². The molecule has 1 saturated carbocycles. The van der Waals surface area contributed by atoms with Crippen LogP contribution in [0.2, 0.25) is 0 Å². The van der Waals surface area contributed by atoms with Crippen molar-refractivity contribution in [3.05, 3.63) is 36.0 Å². The summed E-state index contributed by atoms with van der Waals surface area (Å²) in [7, 11) is 0. The lowest BCUT2D eigenvalue weighted by Gasteiger charge is -2.55. The van der Waals surface area contributed by atoms with E-state index in [0.717, 1.165) is 30.0 Å². The van der Waals surface area contributed by atoms with Gasteiger partial charge in [-0.1, -0.05) is 11.3 Å². The first-order valence-electron chi connectivity index (χ1n) is 8.45. The highest BCUT2D eigenvalue weighted by molar-refractivity contribution is 7.16. The van der Waals surface area contributed by atoms with Gasteiger partial charge in [-0.2, -0.15) is 0 Å². The number of rotatable bonds is 3. The van der Waals surface area contributed by atoms with E-state index in [1.165, 1.54) is 42.9 Å². The topological polar surface area (TPSA) is 25.4 Å². The fourth-order valence-electron chi connectivity index (χ4n) is 4.81. The van der Waals surface area contributed by atoms with Gasteiger partial charge in [0.25, 0.3) is 5.19 Å². The first-order valence-corrected chi connectivity index (χ1v) is 9.27. The standard InChI is InChI=1S/C18H18F2N2OS/c19-14-3-11(4-15(20)5-14)16-6-21-18(24-16)23-17-12-1-10-2-13(17)9-22(7-10)8-12/h3-6,10,12-13,17H,1-2,7-9H2/t10?,12-,13-,17?/m0/s1. The Kier molecular flexibility index (Phi) is 3.38. The van der Waals surface area contributed by atoms with Crippen LogP contribution in [0.15, 0.2) is 24.4 Å². The molecule has 4 heterocycles. The third-order valence-corrected chi connectivity index (χ3v) is 6.51. The van der Waals surface area contributed by atoms with E-state index in [1.54, 1.807) is 6.20 Å². The van der Waals surface area contributed by atoms with Gasteiger partial charge in [-0.25, -0.2) is 13.8 Å². The van der Waals surface area contributed by atoms with Crippen molar-refractivity contribution in [2.24, 2.45) is 17.8 Å². The molecule has 4 fully saturated rings. The van der Waals surface area contributed by atoms with Crippen molar-refractivity contribution in [3.8, 4) is 15.6 Å². The van der Waals surface area contributed by atoms with Crippen molar-refractivity contribution in [1.82, 2.24) is 9.88 Å². The average Bonchev–Trinajstić information content (AvgIpc) is 2.98. The fourth-order valence-corrected chi connectivity index (χ4v) is 5.61. The summed E-state index contributed by atoms with van der Waals surface area (Å²) >= 11 is 1.37. The second kappa shape index (κ2) is 5.49. The van der Waals surface area contributed by atoms with Gasteiger partial charge in [-0.3, -0.25) is 0 Å². The number of halogens is 2. The Hall–Kier alpha value is -1.53. The lowest BCUT2D eigenvalue weighted by molar-refractivity contribution is -0.0985. The molecule has 0 spiro atoms. The van der Waals surface area contributed by atoms with Crippen LogP contribution >= 0.6 is 11.3 Å². The Morgan fingerprint density at radius 1 is 1.04 bits per heavy atom. The van der Waals surface area contributed by atoms with Gasteiger partial charge in [0.15, 0.2) is 0 Å². The number of thiazole rings is 1. The lowest BCUT2D eigenvalue weighted by atomic mass is 9.66. The van der Waals surface area contributed by atoms with E-state index in [4.69, 9.17) is 4.74 Å².